The fraction of sp³-hybridized carbons (Fsp3) is 0.412. The number of amides is 1. The summed E-state index contributed by atoms with van der Waals surface area (Å²) in [7, 11) is 0. The van der Waals surface area contributed by atoms with Gasteiger partial charge in [0, 0.05) is 23.8 Å². The lowest BCUT2D eigenvalue weighted by molar-refractivity contribution is -0.122. The third-order valence-electron chi connectivity index (χ3n) is 3.84. The van der Waals surface area contributed by atoms with E-state index in [0.29, 0.717) is 17.9 Å². The third-order valence-corrected chi connectivity index (χ3v) is 3.84. The second-order valence-electron chi connectivity index (χ2n) is 5.66. The number of carbonyl (C=O) groups is 1. The molecule has 1 amide bonds. The van der Waals surface area contributed by atoms with E-state index in [9.17, 15) is 4.79 Å². The first kappa shape index (κ1) is 16.2. The zero-order valence-corrected chi connectivity index (χ0v) is 13.0. The average molecular weight is 302 g/mol. The fourth-order valence-corrected chi connectivity index (χ4v) is 2.25. The van der Waals surface area contributed by atoms with Crippen molar-refractivity contribution in [3.05, 3.63) is 42.1 Å². The molecule has 0 saturated heterocycles. The van der Waals surface area contributed by atoms with Gasteiger partial charge in [0.2, 0.25) is 5.91 Å². The molecule has 0 aliphatic heterocycles. The summed E-state index contributed by atoms with van der Waals surface area (Å²) in [5.74, 6) is 0.530. The first-order valence-corrected chi connectivity index (χ1v) is 7.49. The Morgan fingerprint density at radius 2 is 2.09 bits per heavy atom. The summed E-state index contributed by atoms with van der Waals surface area (Å²) in [4.78, 5) is 12.1. The van der Waals surface area contributed by atoms with E-state index in [4.69, 9.17) is 9.63 Å². The molecule has 118 valence electrons. The normalized spacial score (nSPS) is 13.6. The van der Waals surface area contributed by atoms with Crippen molar-refractivity contribution in [2.24, 2.45) is 0 Å². The highest BCUT2D eigenvalue weighted by Crippen LogP contribution is 2.20. The van der Waals surface area contributed by atoms with Crippen LogP contribution >= 0.6 is 0 Å². The van der Waals surface area contributed by atoms with Crippen molar-refractivity contribution in [3.63, 3.8) is 0 Å². The Hall–Kier alpha value is -2.14. The van der Waals surface area contributed by atoms with Crippen molar-refractivity contribution < 1.29 is 14.4 Å². The van der Waals surface area contributed by atoms with Crippen LogP contribution in [0.2, 0.25) is 0 Å². The number of nitrogens with one attached hydrogen (secondary N) is 1. The molecule has 1 atom stereocenters. The topological polar surface area (TPSA) is 75.4 Å². The average Bonchev–Trinajstić information content (AvgIpc) is 2.96. The van der Waals surface area contributed by atoms with E-state index in [1.54, 1.807) is 6.07 Å². The summed E-state index contributed by atoms with van der Waals surface area (Å²) in [5, 5.41) is 16.0. The summed E-state index contributed by atoms with van der Waals surface area (Å²) < 4.78 is 5.29. The predicted molar refractivity (Wildman–Crippen MR) is 84.2 cm³/mol. The van der Waals surface area contributed by atoms with Crippen LogP contribution < -0.4 is 5.32 Å². The molecule has 0 aliphatic rings. The number of aliphatic hydroxyl groups excluding tert-OH is 1. The molecule has 0 bridgehead atoms. The SMILES string of the molecule is CCC(C)(CCO)NC(=O)Cc1cc(-c2ccccc2)on1. The molecule has 0 radical (unpaired) electrons. The smallest absolute Gasteiger partial charge is 0.226 e. The highest BCUT2D eigenvalue weighted by atomic mass is 16.5. The lowest BCUT2D eigenvalue weighted by Gasteiger charge is -2.28. The van der Waals surface area contributed by atoms with Gasteiger partial charge in [-0.15, -0.1) is 0 Å². The van der Waals surface area contributed by atoms with E-state index >= 15 is 0 Å². The highest BCUT2D eigenvalue weighted by molar-refractivity contribution is 5.79. The predicted octanol–water partition coefficient (Wildman–Crippen LogP) is 2.55. The molecule has 0 fully saturated rings. The molecule has 1 heterocycles. The summed E-state index contributed by atoms with van der Waals surface area (Å²) in [6.07, 6.45) is 1.45. The van der Waals surface area contributed by atoms with Crippen LogP contribution in [-0.2, 0) is 11.2 Å². The van der Waals surface area contributed by atoms with Gasteiger partial charge in [0.25, 0.3) is 0 Å². The van der Waals surface area contributed by atoms with Crippen molar-refractivity contribution in [2.45, 2.75) is 38.6 Å². The summed E-state index contributed by atoms with van der Waals surface area (Å²) in [5.41, 5.74) is 1.14. The quantitative estimate of drug-likeness (QED) is 0.824. The zero-order valence-electron chi connectivity index (χ0n) is 13.0. The first-order valence-electron chi connectivity index (χ1n) is 7.49. The van der Waals surface area contributed by atoms with E-state index < -0.39 is 5.54 Å². The van der Waals surface area contributed by atoms with Crippen LogP contribution in [0.4, 0.5) is 0 Å². The van der Waals surface area contributed by atoms with Gasteiger partial charge >= 0.3 is 0 Å². The fourth-order valence-electron chi connectivity index (χ4n) is 2.25. The molecular formula is C17H22N2O3. The highest BCUT2D eigenvalue weighted by Gasteiger charge is 2.24. The van der Waals surface area contributed by atoms with Crippen molar-refractivity contribution in [1.29, 1.82) is 0 Å². The van der Waals surface area contributed by atoms with Crippen LogP contribution in [0.25, 0.3) is 11.3 Å². The molecule has 0 spiro atoms. The van der Waals surface area contributed by atoms with Crippen molar-refractivity contribution in [1.82, 2.24) is 10.5 Å². The van der Waals surface area contributed by atoms with Crippen molar-refractivity contribution in [3.8, 4) is 11.3 Å². The molecule has 2 N–H and O–H groups in total. The van der Waals surface area contributed by atoms with Crippen LogP contribution in [0.1, 0.15) is 32.4 Å². The van der Waals surface area contributed by atoms with Gasteiger partial charge in [-0.1, -0.05) is 42.4 Å². The molecule has 2 aromatic rings. The van der Waals surface area contributed by atoms with Gasteiger partial charge in [-0.3, -0.25) is 4.79 Å². The molecule has 1 aromatic heterocycles. The van der Waals surface area contributed by atoms with E-state index in [0.717, 1.165) is 12.0 Å². The van der Waals surface area contributed by atoms with Gasteiger partial charge in [0.15, 0.2) is 5.76 Å². The van der Waals surface area contributed by atoms with E-state index in [1.165, 1.54) is 0 Å². The number of rotatable bonds is 7. The number of aliphatic hydroxyl groups is 1. The number of aromatic nitrogens is 1. The standard InChI is InChI=1S/C17H22N2O3/c1-3-17(2,9-10-20)18-16(21)12-14-11-15(22-19-14)13-7-5-4-6-8-13/h4-8,11,20H,3,9-10,12H2,1-2H3,(H,18,21). The lowest BCUT2D eigenvalue weighted by Crippen LogP contribution is -2.46. The molecule has 22 heavy (non-hydrogen) atoms. The second kappa shape index (κ2) is 7.22. The van der Waals surface area contributed by atoms with Crippen LogP contribution in [0.5, 0.6) is 0 Å². The first-order chi connectivity index (χ1) is 10.6. The molecule has 0 aliphatic carbocycles. The minimum atomic E-state index is -0.391. The largest absolute Gasteiger partial charge is 0.396 e. The number of hydrogen-bond acceptors (Lipinski definition) is 4. The van der Waals surface area contributed by atoms with E-state index in [2.05, 4.69) is 10.5 Å². The molecule has 5 heteroatoms. The Kier molecular flexibility index (Phi) is 5.33. The summed E-state index contributed by atoms with van der Waals surface area (Å²) in [6, 6.07) is 11.4. The molecule has 5 nitrogen and oxygen atoms in total. The van der Waals surface area contributed by atoms with Crippen LogP contribution in [0.15, 0.2) is 40.9 Å². The van der Waals surface area contributed by atoms with Crippen LogP contribution in [0, 0.1) is 0 Å². The van der Waals surface area contributed by atoms with Gasteiger partial charge in [-0.2, -0.15) is 0 Å². The molecule has 2 rings (SSSR count). The van der Waals surface area contributed by atoms with Crippen LogP contribution in [-0.4, -0.2) is 28.3 Å². The third kappa shape index (κ3) is 4.18. The number of carbonyl (C=O) groups excluding carboxylic acids is 1. The van der Waals surface area contributed by atoms with Crippen LogP contribution in [0.3, 0.4) is 0 Å². The number of hydrogen-bond donors (Lipinski definition) is 2. The lowest BCUT2D eigenvalue weighted by atomic mass is 9.94. The molecule has 1 unspecified atom stereocenters. The summed E-state index contributed by atoms with van der Waals surface area (Å²) >= 11 is 0. The van der Waals surface area contributed by atoms with E-state index in [1.807, 2.05) is 44.2 Å². The Labute approximate surface area is 130 Å². The summed E-state index contributed by atoms with van der Waals surface area (Å²) in [6.45, 7) is 3.96. The van der Waals surface area contributed by atoms with Gasteiger partial charge in [-0.05, 0) is 19.8 Å². The zero-order chi connectivity index (χ0) is 16.0. The number of nitrogens with zero attached hydrogens (tertiary/aromatic N) is 1. The maximum absolute atomic E-state index is 12.1. The minimum absolute atomic E-state index is 0.0483. The number of benzene rings is 1. The molecule has 0 saturated carbocycles. The van der Waals surface area contributed by atoms with Gasteiger partial charge in [0.1, 0.15) is 0 Å². The Balaban J connectivity index is 1.99. The van der Waals surface area contributed by atoms with Crippen molar-refractivity contribution >= 4 is 5.91 Å². The van der Waals surface area contributed by atoms with Crippen molar-refractivity contribution in [2.75, 3.05) is 6.61 Å². The second-order valence-corrected chi connectivity index (χ2v) is 5.66. The Morgan fingerprint density at radius 3 is 2.73 bits per heavy atom. The van der Waals surface area contributed by atoms with E-state index in [-0.39, 0.29) is 18.9 Å². The van der Waals surface area contributed by atoms with Gasteiger partial charge < -0.3 is 14.9 Å². The molecular weight excluding hydrogens is 280 g/mol. The van der Waals surface area contributed by atoms with Gasteiger partial charge in [-0.25, -0.2) is 0 Å². The van der Waals surface area contributed by atoms with Gasteiger partial charge in [0.05, 0.1) is 12.1 Å². The maximum atomic E-state index is 12.1. The maximum Gasteiger partial charge on any atom is 0.226 e. The Bertz CT molecular complexity index is 609. The minimum Gasteiger partial charge on any atom is -0.396 e. The Morgan fingerprint density at radius 1 is 1.36 bits per heavy atom. The monoisotopic (exact) mass is 302 g/mol. The molecule has 1 aromatic carbocycles.